The molecule has 2 amide bonds. The maximum Gasteiger partial charge on any atom is 0.242 e. The number of carbonyl (C=O) groups is 2. The highest BCUT2D eigenvalue weighted by molar-refractivity contribution is 6.42. The molecule has 0 radical (unpaired) electrons. The molecule has 5 nitrogen and oxygen atoms in total. The van der Waals surface area contributed by atoms with E-state index in [4.69, 9.17) is 27.9 Å². The second-order valence-corrected chi connectivity index (χ2v) is 7.15. The van der Waals surface area contributed by atoms with Gasteiger partial charge in [-0.05, 0) is 41.8 Å². The van der Waals surface area contributed by atoms with Crippen LogP contribution in [0, 0.1) is 0 Å². The topological polar surface area (TPSA) is 58.6 Å². The van der Waals surface area contributed by atoms with E-state index in [1.807, 2.05) is 31.2 Å². The van der Waals surface area contributed by atoms with Gasteiger partial charge in [0, 0.05) is 13.6 Å². The van der Waals surface area contributed by atoms with Gasteiger partial charge in [-0.15, -0.1) is 0 Å². The van der Waals surface area contributed by atoms with Crippen molar-refractivity contribution in [2.75, 3.05) is 14.2 Å². The minimum Gasteiger partial charge on any atom is -0.497 e. The van der Waals surface area contributed by atoms with Gasteiger partial charge in [0.2, 0.25) is 11.8 Å². The molecule has 0 aliphatic rings. The second kappa shape index (κ2) is 10.3. The van der Waals surface area contributed by atoms with Gasteiger partial charge in [0.05, 0.1) is 23.6 Å². The number of nitrogens with zero attached hydrogens (tertiary/aromatic N) is 1. The molecule has 2 aromatic carbocycles. The number of ether oxygens (including phenoxy) is 1. The van der Waals surface area contributed by atoms with Gasteiger partial charge >= 0.3 is 0 Å². The van der Waals surface area contributed by atoms with E-state index in [1.165, 1.54) is 0 Å². The van der Waals surface area contributed by atoms with Crippen molar-refractivity contribution < 1.29 is 14.3 Å². The summed E-state index contributed by atoms with van der Waals surface area (Å²) in [5.41, 5.74) is 1.62. The predicted molar refractivity (Wildman–Crippen MR) is 112 cm³/mol. The van der Waals surface area contributed by atoms with Gasteiger partial charge in [-0.2, -0.15) is 0 Å². The molecule has 0 aliphatic heterocycles. The average molecular weight is 423 g/mol. The molecule has 2 aromatic rings. The van der Waals surface area contributed by atoms with E-state index in [0.717, 1.165) is 11.1 Å². The summed E-state index contributed by atoms with van der Waals surface area (Å²) >= 11 is 12.0. The Balaban J connectivity index is 2.31. The molecular formula is C21H24Cl2N2O3. The van der Waals surface area contributed by atoms with Crippen LogP contribution in [0.15, 0.2) is 42.5 Å². The van der Waals surface area contributed by atoms with E-state index in [1.54, 1.807) is 37.3 Å². The smallest absolute Gasteiger partial charge is 0.242 e. The first-order valence-corrected chi connectivity index (χ1v) is 9.73. The van der Waals surface area contributed by atoms with E-state index in [0.29, 0.717) is 28.8 Å². The fourth-order valence-electron chi connectivity index (χ4n) is 2.98. The molecule has 0 bridgehead atoms. The molecule has 7 heteroatoms. The molecule has 2 rings (SSSR count). The van der Waals surface area contributed by atoms with Crippen molar-refractivity contribution in [1.82, 2.24) is 10.2 Å². The summed E-state index contributed by atoms with van der Waals surface area (Å²) in [6, 6.07) is 12.0. The van der Waals surface area contributed by atoms with Crippen molar-refractivity contribution in [3.05, 3.63) is 63.6 Å². The van der Waals surface area contributed by atoms with Gasteiger partial charge in [-0.3, -0.25) is 9.59 Å². The molecule has 1 atom stereocenters. The zero-order valence-corrected chi connectivity index (χ0v) is 17.7. The number of likely N-dealkylation sites (N-methyl/N-ethyl adjacent to an activating group) is 1. The molecule has 28 heavy (non-hydrogen) atoms. The molecule has 1 N–H and O–H groups in total. The molecule has 0 unspecified atom stereocenters. The number of benzene rings is 2. The molecule has 0 heterocycles. The van der Waals surface area contributed by atoms with Gasteiger partial charge in [0.1, 0.15) is 11.8 Å². The number of rotatable bonds is 8. The molecule has 0 saturated carbocycles. The van der Waals surface area contributed by atoms with E-state index in [-0.39, 0.29) is 18.2 Å². The number of hydrogen-bond donors (Lipinski definition) is 1. The lowest BCUT2D eigenvalue weighted by molar-refractivity contribution is -0.140. The van der Waals surface area contributed by atoms with Crippen molar-refractivity contribution >= 4 is 35.0 Å². The van der Waals surface area contributed by atoms with Gasteiger partial charge in [0.15, 0.2) is 0 Å². The van der Waals surface area contributed by atoms with Gasteiger partial charge in [-0.1, -0.05) is 48.3 Å². The van der Waals surface area contributed by atoms with E-state index < -0.39 is 6.04 Å². The Morgan fingerprint density at radius 1 is 1.11 bits per heavy atom. The normalized spacial score (nSPS) is 11.6. The van der Waals surface area contributed by atoms with Crippen LogP contribution in [0.25, 0.3) is 0 Å². The lowest BCUT2D eigenvalue weighted by Crippen LogP contribution is -2.48. The van der Waals surface area contributed by atoms with Crippen LogP contribution >= 0.6 is 23.2 Å². The maximum absolute atomic E-state index is 13.1. The Labute approximate surface area is 175 Å². The summed E-state index contributed by atoms with van der Waals surface area (Å²) in [5.74, 6) is 0.326. The monoisotopic (exact) mass is 422 g/mol. The molecular weight excluding hydrogens is 399 g/mol. The van der Waals surface area contributed by atoms with Crippen molar-refractivity contribution in [2.24, 2.45) is 0 Å². The summed E-state index contributed by atoms with van der Waals surface area (Å²) in [7, 11) is 3.16. The predicted octanol–water partition coefficient (Wildman–Crippen LogP) is 4.10. The minimum absolute atomic E-state index is 0.119. The van der Waals surface area contributed by atoms with Crippen LogP contribution in [0.1, 0.15) is 24.5 Å². The molecule has 0 aliphatic carbocycles. The summed E-state index contributed by atoms with van der Waals surface area (Å²) < 4.78 is 5.26. The summed E-state index contributed by atoms with van der Waals surface area (Å²) in [5, 5.41) is 3.47. The van der Waals surface area contributed by atoms with Crippen molar-refractivity contribution in [3.63, 3.8) is 0 Å². The lowest BCUT2D eigenvalue weighted by Gasteiger charge is -2.30. The third-order valence-electron chi connectivity index (χ3n) is 4.46. The number of methoxy groups -OCH3 is 1. The quantitative estimate of drug-likeness (QED) is 0.696. The summed E-state index contributed by atoms with van der Waals surface area (Å²) in [4.78, 5) is 27.1. The van der Waals surface area contributed by atoms with Crippen LogP contribution in [0.4, 0.5) is 0 Å². The Morgan fingerprint density at radius 2 is 1.86 bits per heavy atom. The van der Waals surface area contributed by atoms with Gasteiger partial charge < -0.3 is 15.0 Å². The summed E-state index contributed by atoms with van der Waals surface area (Å²) in [6.45, 7) is 2.17. The molecule has 0 spiro atoms. The van der Waals surface area contributed by atoms with Crippen molar-refractivity contribution in [3.8, 4) is 5.75 Å². The highest BCUT2D eigenvalue weighted by atomic mass is 35.5. The van der Waals surface area contributed by atoms with Gasteiger partial charge in [-0.25, -0.2) is 0 Å². The highest BCUT2D eigenvalue weighted by Crippen LogP contribution is 2.24. The molecule has 0 fully saturated rings. The third-order valence-corrected chi connectivity index (χ3v) is 5.20. The fraction of sp³-hybridized carbons (Fsp3) is 0.333. The number of halogens is 2. The van der Waals surface area contributed by atoms with E-state index >= 15 is 0 Å². The van der Waals surface area contributed by atoms with E-state index in [9.17, 15) is 9.59 Å². The van der Waals surface area contributed by atoms with Crippen LogP contribution < -0.4 is 10.1 Å². The number of carbonyl (C=O) groups excluding carboxylic acids is 2. The Bertz CT molecular complexity index is 842. The van der Waals surface area contributed by atoms with Crippen LogP contribution in [-0.4, -0.2) is 36.9 Å². The SMILES string of the molecule is CC[C@@H](C(=O)NC)N(Cc1cccc(OC)c1)C(=O)Cc1ccc(Cl)c(Cl)c1. The number of nitrogens with one attached hydrogen (secondary N) is 1. The Kier molecular flexibility index (Phi) is 8.15. The molecule has 0 aromatic heterocycles. The Morgan fingerprint density at radius 3 is 2.46 bits per heavy atom. The van der Waals surface area contributed by atoms with Crippen LogP contribution in [0.2, 0.25) is 10.0 Å². The first kappa shape index (κ1) is 22.1. The third kappa shape index (κ3) is 5.63. The largest absolute Gasteiger partial charge is 0.497 e. The van der Waals surface area contributed by atoms with Crippen LogP contribution in [-0.2, 0) is 22.6 Å². The second-order valence-electron chi connectivity index (χ2n) is 6.34. The first-order valence-electron chi connectivity index (χ1n) is 8.97. The highest BCUT2D eigenvalue weighted by Gasteiger charge is 2.28. The molecule has 0 saturated heterocycles. The zero-order chi connectivity index (χ0) is 20.7. The average Bonchev–Trinajstić information content (AvgIpc) is 2.70. The fourth-order valence-corrected chi connectivity index (χ4v) is 3.30. The van der Waals surface area contributed by atoms with Crippen LogP contribution in [0.5, 0.6) is 5.75 Å². The maximum atomic E-state index is 13.1. The summed E-state index contributed by atoms with van der Waals surface area (Å²) in [6.07, 6.45) is 0.616. The van der Waals surface area contributed by atoms with Crippen molar-refractivity contribution in [2.45, 2.75) is 32.4 Å². The number of hydrogen-bond acceptors (Lipinski definition) is 3. The van der Waals surface area contributed by atoms with Gasteiger partial charge in [0.25, 0.3) is 0 Å². The Hall–Kier alpha value is -2.24. The first-order chi connectivity index (χ1) is 13.4. The lowest BCUT2D eigenvalue weighted by atomic mass is 10.1. The standard InChI is InChI=1S/C21H24Cl2N2O3/c1-4-19(21(27)24-2)25(13-15-6-5-7-16(10-15)28-3)20(26)12-14-8-9-17(22)18(23)11-14/h5-11,19H,4,12-13H2,1-3H3,(H,24,27)/t19-/m0/s1. The van der Waals surface area contributed by atoms with Crippen LogP contribution in [0.3, 0.4) is 0 Å². The van der Waals surface area contributed by atoms with Crippen molar-refractivity contribution in [1.29, 1.82) is 0 Å². The zero-order valence-electron chi connectivity index (χ0n) is 16.2. The minimum atomic E-state index is -0.577. The molecule has 150 valence electrons. The number of amides is 2. The van der Waals surface area contributed by atoms with E-state index in [2.05, 4.69) is 5.32 Å².